The number of rotatable bonds is 3. The number of aromatic nitrogens is 2. The first kappa shape index (κ1) is 17.3. The van der Waals surface area contributed by atoms with Crippen molar-refractivity contribution in [1.29, 1.82) is 0 Å². The zero-order valence-corrected chi connectivity index (χ0v) is 15.6. The van der Waals surface area contributed by atoms with Crippen LogP contribution in [-0.2, 0) is 0 Å². The summed E-state index contributed by atoms with van der Waals surface area (Å²) in [7, 11) is 0. The summed E-state index contributed by atoms with van der Waals surface area (Å²) in [5, 5.41) is 0. The zero-order chi connectivity index (χ0) is 18.0. The Kier molecular flexibility index (Phi) is 4.81. The SMILES string of the molecule is CCN1C[C@@H](c2ccccc2)CC2(CCN(c3ccnc(N)n3)CC2)C1. The third kappa shape index (κ3) is 3.54. The van der Waals surface area contributed by atoms with Crippen LogP contribution in [0.3, 0.4) is 0 Å². The maximum Gasteiger partial charge on any atom is 0.221 e. The van der Waals surface area contributed by atoms with Gasteiger partial charge in [-0.1, -0.05) is 37.3 Å². The smallest absolute Gasteiger partial charge is 0.221 e. The van der Waals surface area contributed by atoms with Gasteiger partial charge in [-0.25, -0.2) is 4.98 Å². The van der Waals surface area contributed by atoms with E-state index in [0.29, 0.717) is 17.3 Å². The lowest BCUT2D eigenvalue weighted by atomic mass is 9.68. The molecule has 1 spiro atoms. The van der Waals surface area contributed by atoms with Crippen LogP contribution in [0.4, 0.5) is 11.8 Å². The summed E-state index contributed by atoms with van der Waals surface area (Å²) in [4.78, 5) is 13.4. The number of likely N-dealkylation sites (N-methyl/N-ethyl adjacent to an activating group) is 1. The minimum absolute atomic E-state index is 0.363. The summed E-state index contributed by atoms with van der Waals surface area (Å²) in [6, 6.07) is 13.0. The van der Waals surface area contributed by atoms with Gasteiger partial charge >= 0.3 is 0 Å². The van der Waals surface area contributed by atoms with Crippen LogP contribution in [0.1, 0.15) is 37.7 Å². The first-order valence-corrected chi connectivity index (χ1v) is 9.78. The number of nitrogens with two attached hydrogens (primary N) is 1. The van der Waals surface area contributed by atoms with Gasteiger partial charge in [0.25, 0.3) is 0 Å². The van der Waals surface area contributed by atoms with E-state index in [1.165, 1.54) is 37.9 Å². The number of nitrogen functional groups attached to an aromatic ring is 1. The summed E-state index contributed by atoms with van der Waals surface area (Å²) in [5.74, 6) is 1.98. The second-order valence-corrected chi connectivity index (χ2v) is 7.90. The van der Waals surface area contributed by atoms with E-state index in [1.54, 1.807) is 6.20 Å². The van der Waals surface area contributed by atoms with Crippen LogP contribution >= 0.6 is 0 Å². The van der Waals surface area contributed by atoms with Gasteiger partial charge in [-0.2, -0.15) is 4.98 Å². The molecule has 4 rings (SSSR count). The van der Waals surface area contributed by atoms with Gasteiger partial charge in [-0.15, -0.1) is 0 Å². The number of benzene rings is 1. The third-order valence-corrected chi connectivity index (χ3v) is 6.24. The van der Waals surface area contributed by atoms with Crippen molar-refractivity contribution in [1.82, 2.24) is 14.9 Å². The molecule has 2 N–H and O–H groups in total. The molecule has 5 nitrogen and oxygen atoms in total. The molecular formula is C21H29N5. The normalized spacial score (nSPS) is 23.3. The van der Waals surface area contributed by atoms with Crippen LogP contribution in [0.15, 0.2) is 42.6 Å². The molecule has 138 valence electrons. The Labute approximate surface area is 156 Å². The molecule has 26 heavy (non-hydrogen) atoms. The summed E-state index contributed by atoms with van der Waals surface area (Å²) < 4.78 is 0. The molecule has 0 radical (unpaired) electrons. The number of piperidine rings is 2. The minimum atomic E-state index is 0.363. The maximum absolute atomic E-state index is 5.76. The molecule has 2 aromatic rings. The number of hydrogen-bond acceptors (Lipinski definition) is 5. The monoisotopic (exact) mass is 351 g/mol. The van der Waals surface area contributed by atoms with Gasteiger partial charge in [0, 0.05) is 32.4 Å². The highest BCUT2D eigenvalue weighted by Gasteiger charge is 2.42. The molecule has 2 saturated heterocycles. The van der Waals surface area contributed by atoms with Crippen molar-refractivity contribution >= 4 is 11.8 Å². The topological polar surface area (TPSA) is 58.3 Å². The van der Waals surface area contributed by atoms with E-state index in [4.69, 9.17) is 5.73 Å². The van der Waals surface area contributed by atoms with Crippen molar-refractivity contribution in [3.63, 3.8) is 0 Å². The van der Waals surface area contributed by atoms with E-state index >= 15 is 0 Å². The molecule has 0 aliphatic carbocycles. The fourth-order valence-electron chi connectivity index (χ4n) is 4.80. The lowest BCUT2D eigenvalue weighted by molar-refractivity contribution is 0.0543. The molecule has 1 atom stereocenters. The average molecular weight is 351 g/mol. The van der Waals surface area contributed by atoms with Crippen LogP contribution in [0, 0.1) is 5.41 Å². The van der Waals surface area contributed by atoms with E-state index in [0.717, 1.165) is 25.5 Å². The molecular weight excluding hydrogens is 322 g/mol. The molecule has 5 heteroatoms. The highest BCUT2D eigenvalue weighted by molar-refractivity contribution is 5.41. The summed E-state index contributed by atoms with van der Waals surface area (Å²) in [5.41, 5.74) is 7.68. The van der Waals surface area contributed by atoms with Gasteiger partial charge in [-0.05, 0) is 48.8 Å². The van der Waals surface area contributed by atoms with Crippen LogP contribution < -0.4 is 10.6 Å². The predicted molar refractivity (Wildman–Crippen MR) is 106 cm³/mol. The Morgan fingerprint density at radius 2 is 1.92 bits per heavy atom. The molecule has 3 heterocycles. The highest BCUT2D eigenvalue weighted by Crippen LogP contribution is 2.45. The minimum Gasteiger partial charge on any atom is -0.368 e. The van der Waals surface area contributed by atoms with Crippen LogP contribution in [0.25, 0.3) is 0 Å². The largest absolute Gasteiger partial charge is 0.368 e. The van der Waals surface area contributed by atoms with E-state index in [-0.39, 0.29) is 0 Å². The Morgan fingerprint density at radius 3 is 2.62 bits per heavy atom. The van der Waals surface area contributed by atoms with Gasteiger partial charge in [0.15, 0.2) is 0 Å². The Hall–Kier alpha value is -2.14. The molecule has 0 saturated carbocycles. The number of hydrogen-bond donors (Lipinski definition) is 1. The van der Waals surface area contributed by atoms with Gasteiger partial charge in [-0.3, -0.25) is 0 Å². The average Bonchev–Trinajstić information content (AvgIpc) is 2.69. The van der Waals surface area contributed by atoms with Crippen molar-refractivity contribution in [2.75, 3.05) is 43.4 Å². The zero-order valence-electron chi connectivity index (χ0n) is 15.6. The molecule has 0 unspecified atom stereocenters. The van der Waals surface area contributed by atoms with E-state index in [1.807, 2.05) is 6.07 Å². The molecule has 1 aromatic heterocycles. The van der Waals surface area contributed by atoms with Gasteiger partial charge in [0.05, 0.1) is 0 Å². The van der Waals surface area contributed by atoms with E-state index in [2.05, 4.69) is 57.0 Å². The van der Waals surface area contributed by atoms with Crippen molar-refractivity contribution < 1.29 is 0 Å². The molecule has 2 aliphatic rings. The van der Waals surface area contributed by atoms with Gasteiger partial charge < -0.3 is 15.5 Å². The lowest BCUT2D eigenvalue weighted by Gasteiger charge is -2.50. The van der Waals surface area contributed by atoms with E-state index in [9.17, 15) is 0 Å². The van der Waals surface area contributed by atoms with Crippen LogP contribution in [0.2, 0.25) is 0 Å². The Balaban J connectivity index is 1.49. The van der Waals surface area contributed by atoms with Crippen molar-refractivity contribution in [2.24, 2.45) is 5.41 Å². The highest BCUT2D eigenvalue weighted by atomic mass is 15.2. The molecule has 1 aromatic carbocycles. The van der Waals surface area contributed by atoms with Crippen LogP contribution in [0.5, 0.6) is 0 Å². The molecule has 0 amide bonds. The second-order valence-electron chi connectivity index (χ2n) is 7.90. The molecule has 2 fully saturated rings. The summed E-state index contributed by atoms with van der Waals surface area (Å²) >= 11 is 0. The number of anilines is 2. The first-order chi connectivity index (χ1) is 12.7. The van der Waals surface area contributed by atoms with E-state index < -0.39 is 0 Å². The maximum atomic E-state index is 5.76. The van der Waals surface area contributed by atoms with Crippen molar-refractivity contribution in [3.8, 4) is 0 Å². The standard InChI is InChI=1S/C21H29N5/c1-2-25-15-18(17-6-4-3-5-7-17)14-21(16-25)9-12-26(13-10-21)19-8-11-23-20(22)24-19/h3-8,11,18H,2,9-10,12-16H2,1H3,(H2,22,23,24)/t18-/m0/s1. The first-order valence-electron chi connectivity index (χ1n) is 9.78. The predicted octanol–water partition coefficient (Wildman–Crippen LogP) is 3.15. The third-order valence-electron chi connectivity index (χ3n) is 6.24. The Bertz CT molecular complexity index is 724. The number of nitrogens with zero attached hydrogens (tertiary/aromatic N) is 4. The molecule has 0 bridgehead atoms. The summed E-state index contributed by atoms with van der Waals surface area (Å²) in [6.07, 6.45) is 5.49. The van der Waals surface area contributed by atoms with Gasteiger partial charge in [0.2, 0.25) is 5.95 Å². The molecule has 2 aliphatic heterocycles. The second kappa shape index (κ2) is 7.23. The number of likely N-dealkylation sites (tertiary alicyclic amines) is 1. The Morgan fingerprint density at radius 1 is 1.15 bits per heavy atom. The lowest BCUT2D eigenvalue weighted by Crippen LogP contribution is -2.51. The summed E-state index contributed by atoms with van der Waals surface area (Å²) in [6.45, 7) is 7.95. The van der Waals surface area contributed by atoms with Gasteiger partial charge in [0.1, 0.15) is 5.82 Å². The fraction of sp³-hybridized carbons (Fsp3) is 0.524. The van der Waals surface area contributed by atoms with Crippen LogP contribution in [-0.4, -0.2) is 47.6 Å². The van der Waals surface area contributed by atoms with Crippen molar-refractivity contribution in [3.05, 3.63) is 48.2 Å². The van der Waals surface area contributed by atoms with Crippen molar-refractivity contribution in [2.45, 2.75) is 32.1 Å². The quantitative estimate of drug-likeness (QED) is 0.920. The fourth-order valence-corrected chi connectivity index (χ4v) is 4.80.